The lowest BCUT2D eigenvalue weighted by atomic mass is 10.1. The topological polar surface area (TPSA) is 49.3 Å². The van der Waals surface area contributed by atoms with Crippen LogP contribution < -0.4 is 5.32 Å². The number of thioether (sulfide) groups is 1. The van der Waals surface area contributed by atoms with Crippen molar-refractivity contribution in [3.63, 3.8) is 0 Å². The first kappa shape index (κ1) is 14.5. The van der Waals surface area contributed by atoms with Crippen LogP contribution in [0.3, 0.4) is 0 Å². The highest BCUT2D eigenvalue weighted by atomic mass is 32.2. The Morgan fingerprint density at radius 3 is 2.83 bits per heavy atom. The molecule has 0 aromatic heterocycles. The number of nitrogens with one attached hydrogen (secondary N) is 1. The fraction of sp³-hybridized carbons (Fsp3) is 0.357. The van der Waals surface area contributed by atoms with Gasteiger partial charge in [-0.25, -0.2) is 4.79 Å². The number of carboxylic acids is 1. The van der Waals surface area contributed by atoms with Crippen molar-refractivity contribution in [1.82, 2.24) is 0 Å². The molecule has 0 radical (unpaired) electrons. The van der Waals surface area contributed by atoms with Crippen LogP contribution in [-0.2, 0) is 0 Å². The number of hydrogen-bond acceptors (Lipinski definition) is 3. The van der Waals surface area contributed by atoms with Gasteiger partial charge in [0.05, 0.1) is 17.3 Å². The highest BCUT2D eigenvalue weighted by Gasteiger charge is 2.16. The summed E-state index contributed by atoms with van der Waals surface area (Å²) in [4.78, 5) is 12.1. The van der Waals surface area contributed by atoms with Gasteiger partial charge in [0, 0.05) is 4.90 Å². The van der Waals surface area contributed by atoms with Gasteiger partial charge < -0.3 is 10.4 Å². The van der Waals surface area contributed by atoms with E-state index in [4.69, 9.17) is 6.42 Å². The lowest BCUT2D eigenvalue weighted by Gasteiger charge is -2.16. The van der Waals surface area contributed by atoms with E-state index >= 15 is 0 Å². The number of rotatable bonds is 6. The molecule has 0 amide bonds. The second-order valence-corrected chi connectivity index (χ2v) is 4.69. The van der Waals surface area contributed by atoms with Gasteiger partial charge >= 0.3 is 5.97 Å². The molecule has 0 heterocycles. The van der Waals surface area contributed by atoms with Crippen molar-refractivity contribution in [3.05, 3.63) is 23.8 Å². The van der Waals surface area contributed by atoms with E-state index in [1.165, 1.54) is 11.8 Å². The lowest BCUT2D eigenvalue weighted by molar-refractivity contribution is 0.0694. The largest absolute Gasteiger partial charge is 0.478 e. The van der Waals surface area contributed by atoms with Crippen LogP contribution in [0.15, 0.2) is 23.1 Å². The van der Waals surface area contributed by atoms with Gasteiger partial charge in [-0.1, -0.05) is 25.3 Å². The predicted octanol–water partition coefficient (Wildman–Crippen LogP) is 3.32. The molecule has 1 aromatic carbocycles. The quantitative estimate of drug-likeness (QED) is 0.610. The first-order valence-corrected chi connectivity index (χ1v) is 6.99. The molecule has 0 spiro atoms. The third-order valence-corrected chi connectivity index (χ3v) is 3.35. The van der Waals surface area contributed by atoms with Crippen LogP contribution in [0.5, 0.6) is 0 Å². The number of aromatic carboxylic acids is 1. The van der Waals surface area contributed by atoms with Crippen molar-refractivity contribution < 1.29 is 9.90 Å². The molecule has 0 aliphatic heterocycles. The van der Waals surface area contributed by atoms with E-state index in [2.05, 4.69) is 11.2 Å². The van der Waals surface area contributed by atoms with E-state index < -0.39 is 5.97 Å². The fourth-order valence-electron chi connectivity index (χ4n) is 1.72. The molecule has 0 aliphatic rings. The average molecular weight is 263 g/mol. The van der Waals surface area contributed by atoms with Gasteiger partial charge in [0.25, 0.3) is 0 Å². The summed E-state index contributed by atoms with van der Waals surface area (Å²) in [6, 6.07) is 5.25. The van der Waals surface area contributed by atoms with Gasteiger partial charge in [-0.05, 0) is 24.8 Å². The van der Waals surface area contributed by atoms with Gasteiger partial charge in [0.1, 0.15) is 0 Å². The number of hydrogen-bond donors (Lipinski definition) is 2. The van der Waals surface area contributed by atoms with Gasteiger partial charge in [-0.3, -0.25) is 0 Å². The molecule has 2 N–H and O–H groups in total. The lowest BCUT2D eigenvalue weighted by Crippen LogP contribution is -2.19. The Bertz CT molecular complexity index is 465. The second-order valence-electron chi connectivity index (χ2n) is 3.84. The molecule has 18 heavy (non-hydrogen) atoms. The van der Waals surface area contributed by atoms with Crippen LogP contribution in [0.2, 0.25) is 0 Å². The summed E-state index contributed by atoms with van der Waals surface area (Å²) in [5.41, 5.74) is 0.882. The molecule has 1 rings (SSSR count). The molecular formula is C14H17NO2S. The van der Waals surface area contributed by atoms with E-state index in [-0.39, 0.29) is 6.04 Å². The molecule has 0 saturated heterocycles. The zero-order valence-corrected chi connectivity index (χ0v) is 11.4. The minimum atomic E-state index is -0.935. The highest BCUT2D eigenvalue weighted by molar-refractivity contribution is 7.98. The molecule has 0 saturated carbocycles. The number of benzene rings is 1. The first-order chi connectivity index (χ1) is 8.63. The van der Waals surface area contributed by atoms with Crippen LogP contribution in [-0.4, -0.2) is 23.4 Å². The molecule has 0 bridgehead atoms. The Balaban J connectivity index is 3.08. The van der Waals surface area contributed by atoms with Crippen LogP contribution in [0.4, 0.5) is 5.69 Å². The smallest absolute Gasteiger partial charge is 0.338 e. The minimum absolute atomic E-state index is 0.134. The summed E-state index contributed by atoms with van der Waals surface area (Å²) >= 11 is 1.41. The van der Waals surface area contributed by atoms with Crippen LogP contribution in [0, 0.1) is 12.3 Å². The van der Waals surface area contributed by atoms with Crippen molar-refractivity contribution in [3.8, 4) is 12.3 Å². The average Bonchev–Trinajstić information content (AvgIpc) is 2.37. The Kier molecular flexibility index (Phi) is 5.60. The molecule has 0 aliphatic carbocycles. The van der Waals surface area contributed by atoms with E-state index in [0.717, 1.165) is 17.7 Å². The molecule has 3 nitrogen and oxygen atoms in total. The van der Waals surface area contributed by atoms with Crippen molar-refractivity contribution in [1.29, 1.82) is 0 Å². The molecule has 96 valence electrons. The summed E-state index contributed by atoms with van der Waals surface area (Å²) in [6.07, 6.45) is 9.07. The molecule has 1 unspecified atom stereocenters. The maximum Gasteiger partial charge on any atom is 0.338 e. The zero-order chi connectivity index (χ0) is 13.5. The summed E-state index contributed by atoms with van der Waals surface area (Å²) < 4.78 is 0. The normalized spacial score (nSPS) is 11.6. The molecule has 0 fully saturated rings. The third-order valence-electron chi connectivity index (χ3n) is 2.57. The maximum atomic E-state index is 11.3. The summed E-state index contributed by atoms with van der Waals surface area (Å²) in [5.74, 6) is 1.71. The third kappa shape index (κ3) is 3.44. The summed E-state index contributed by atoms with van der Waals surface area (Å²) in [6.45, 7) is 2.04. The molecule has 1 atom stereocenters. The van der Waals surface area contributed by atoms with Crippen molar-refractivity contribution in [2.75, 3.05) is 11.6 Å². The number of terminal acetylenes is 1. The van der Waals surface area contributed by atoms with Crippen LogP contribution in [0.25, 0.3) is 0 Å². The van der Waals surface area contributed by atoms with Gasteiger partial charge in [-0.15, -0.1) is 18.2 Å². The number of carbonyl (C=O) groups is 1. The van der Waals surface area contributed by atoms with Gasteiger partial charge in [0.2, 0.25) is 0 Å². The Morgan fingerprint density at radius 2 is 2.33 bits per heavy atom. The van der Waals surface area contributed by atoms with E-state index in [1.54, 1.807) is 12.1 Å². The van der Waals surface area contributed by atoms with E-state index in [0.29, 0.717) is 11.3 Å². The van der Waals surface area contributed by atoms with E-state index in [9.17, 15) is 9.90 Å². The first-order valence-electron chi connectivity index (χ1n) is 5.77. The standard InChI is InChI=1S/C14H17NO2S/c1-4-7-10(5-2)15-11-8-6-9-12(18-3)13(11)14(16)17/h2,6,8-10,15H,4,7H2,1,3H3,(H,16,17). The fourth-order valence-corrected chi connectivity index (χ4v) is 2.33. The summed E-state index contributed by atoms with van der Waals surface area (Å²) in [7, 11) is 0. The highest BCUT2D eigenvalue weighted by Crippen LogP contribution is 2.27. The van der Waals surface area contributed by atoms with Crippen LogP contribution >= 0.6 is 11.8 Å². The molecule has 4 heteroatoms. The zero-order valence-electron chi connectivity index (χ0n) is 10.6. The van der Waals surface area contributed by atoms with Crippen molar-refractivity contribution in [2.45, 2.75) is 30.7 Å². The van der Waals surface area contributed by atoms with Crippen molar-refractivity contribution >= 4 is 23.4 Å². The van der Waals surface area contributed by atoms with Crippen LogP contribution in [0.1, 0.15) is 30.1 Å². The minimum Gasteiger partial charge on any atom is -0.478 e. The van der Waals surface area contributed by atoms with Gasteiger partial charge in [0.15, 0.2) is 0 Å². The number of carboxylic acid groups (broad SMARTS) is 1. The predicted molar refractivity (Wildman–Crippen MR) is 76.3 cm³/mol. The van der Waals surface area contributed by atoms with Crippen molar-refractivity contribution in [2.24, 2.45) is 0 Å². The number of anilines is 1. The Morgan fingerprint density at radius 1 is 1.61 bits per heavy atom. The molecular weight excluding hydrogens is 246 g/mol. The Hall–Kier alpha value is -1.60. The maximum absolute atomic E-state index is 11.3. The van der Waals surface area contributed by atoms with Gasteiger partial charge in [-0.2, -0.15) is 0 Å². The second kappa shape index (κ2) is 6.97. The van der Waals surface area contributed by atoms with E-state index in [1.807, 2.05) is 19.2 Å². The monoisotopic (exact) mass is 263 g/mol. The Labute approximate surface area is 112 Å². The molecule has 1 aromatic rings. The SMILES string of the molecule is C#CC(CCC)Nc1cccc(SC)c1C(=O)O. The summed E-state index contributed by atoms with van der Waals surface area (Å²) in [5, 5.41) is 12.4.